The molecular formula is C21H24F3N3O. The summed E-state index contributed by atoms with van der Waals surface area (Å²) in [4.78, 5) is 6.41. The number of benzene rings is 1. The van der Waals surface area contributed by atoms with Crippen LogP contribution >= 0.6 is 0 Å². The quantitative estimate of drug-likeness (QED) is 0.485. The first kappa shape index (κ1) is 20.2. The number of hydrogen-bond acceptors (Lipinski definition) is 4. The molecule has 0 unspecified atom stereocenters. The SMILES string of the molecule is CCCN(CCCNc1ccnc2cc(C(F)(F)F)ccc12)Cc1ccco1. The molecule has 28 heavy (non-hydrogen) atoms. The molecule has 3 aromatic rings. The van der Waals surface area contributed by atoms with Crippen molar-refractivity contribution in [1.82, 2.24) is 9.88 Å². The van der Waals surface area contributed by atoms with Gasteiger partial charge in [-0.3, -0.25) is 9.88 Å². The Morgan fingerprint density at radius 2 is 2.00 bits per heavy atom. The predicted molar refractivity (Wildman–Crippen MR) is 104 cm³/mol. The molecular weight excluding hydrogens is 367 g/mol. The molecule has 7 heteroatoms. The Morgan fingerprint density at radius 1 is 1.14 bits per heavy atom. The summed E-state index contributed by atoms with van der Waals surface area (Å²) >= 11 is 0. The fourth-order valence-electron chi connectivity index (χ4n) is 3.21. The third-order valence-electron chi connectivity index (χ3n) is 4.54. The number of rotatable bonds is 9. The van der Waals surface area contributed by atoms with Crippen molar-refractivity contribution >= 4 is 16.6 Å². The minimum atomic E-state index is -4.37. The van der Waals surface area contributed by atoms with Gasteiger partial charge in [0, 0.05) is 30.4 Å². The number of anilines is 1. The number of nitrogens with one attached hydrogen (secondary N) is 1. The smallest absolute Gasteiger partial charge is 0.416 e. The Hall–Kier alpha value is -2.54. The molecule has 0 aliphatic rings. The number of halogens is 3. The van der Waals surface area contributed by atoms with E-state index in [2.05, 4.69) is 22.1 Å². The fourth-order valence-corrected chi connectivity index (χ4v) is 3.21. The molecule has 2 heterocycles. The maximum Gasteiger partial charge on any atom is 0.416 e. The molecule has 0 radical (unpaired) electrons. The van der Waals surface area contributed by atoms with E-state index in [1.54, 1.807) is 12.3 Å². The summed E-state index contributed by atoms with van der Waals surface area (Å²) in [6.07, 6.45) is 0.816. The molecule has 0 saturated heterocycles. The highest BCUT2D eigenvalue weighted by atomic mass is 19.4. The van der Waals surface area contributed by atoms with Crippen LogP contribution in [0.3, 0.4) is 0 Å². The van der Waals surface area contributed by atoms with Crippen LogP contribution in [-0.2, 0) is 12.7 Å². The Morgan fingerprint density at radius 3 is 2.71 bits per heavy atom. The highest BCUT2D eigenvalue weighted by molar-refractivity contribution is 5.91. The number of pyridine rings is 1. The van der Waals surface area contributed by atoms with E-state index >= 15 is 0 Å². The average molecular weight is 391 g/mol. The van der Waals surface area contributed by atoms with Crippen molar-refractivity contribution in [3.05, 3.63) is 60.2 Å². The van der Waals surface area contributed by atoms with Crippen LogP contribution in [0.2, 0.25) is 0 Å². The molecule has 0 bridgehead atoms. The van der Waals surface area contributed by atoms with E-state index in [0.717, 1.165) is 62.6 Å². The van der Waals surface area contributed by atoms with E-state index in [4.69, 9.17) is 4.42 Å². The van der Waals surface area contributed by atoms with Gasteiger partial charge in [0.1, 0.15) is 5.76 Å². The van der Waals surface area contributed by atoms with Crippen molar-refractivity contribution in [1.29, 1.82) is 0 Å². The zero-order valence-electron chi connectivity index (χ0n) is 15.8. The van der Waals surface area contributed by atoms with Crippen LogP contribution in [0.15, 0.2) is 53.3 Å². The maximum atomic E-state index is 12.9. The zero-order valence-corrected chi connectivity index (χ0v) is 15.8. The van der Waals surface area contributed by atoms with Crippen molar-refractivity contribution in [2.24, 2.45) is 0 Å². The number of fused-ring (bicyclic) bond motifs is 1. The topological polar surface area (TPSA) is 41.3 Å². The first-order valence-corrected chi connectivity index (χ1v) is 9.42. The van der Waals surface area contributed by atoms with Gasteiger partial charge < -0.3 is 9.73 Å². The van der Waals surface area contributed by atoms with Crippen molar-refractivity contribution in [2.75, 3.05) is 25.0 Å². The molecule has 0 atom stereocenters. The molecule has 150 valence electrons. The van der Waals surface area contributed by atoms with Gasteiger partial charge >= 0.3 is 6.18 Å². The minimum absolute atomic E-state index is 0.338. The van der Waals surface area contributed by atoms with E-state index < -0.39 is 11.7 Å². The summed E-state index contributed by atoms with van der Waals surface area (Å²) < 4.78 is 44.1. The lowest BCUT2D eigenvalue weighted by atomic mass is 10.1. The third kappa shape index (κ3) is 5.25. The monoisotopic (exact) mass is 391 g/mol. The van der Waals surface area contributed by atoms with Crippen LogP contribution in [-0.4, -0.2) is 29.5 Å². The molecule has 2 aromatic heterocycles. The minimum Gasteiger partial charge on any atom is -0.468 e. The molecule has 1 aromatic carbocycles. The second kappa shape index (κ2) is 9.10. The van der Waals surface area contributed by atoms with E-state index in [1.165, 1.54) is 12.3 Å². The number of aromatic nitrogens is 1. The standard InChI is InChI=1S/C21H24F3N3O/c1-2-11-27(15-17-5-3-13-28-17)12-4-9-25-19-8-10-26-20-14-16(21(22,23)24)6-7-18(19)20/h3,5-8,10,13-14H,2,4,9,11-12,15H2,1H3,(H,25,26). The van der Waals surface area contributed by atoms with Crippen LogP contribution in [0.5, 0.6) is 0 Å². The van der Waals surface area contributed by atoms with Gasteiger partial charge in [-0.2, -0.15) is 13.2 Å². The number of nitrogens with zero attached hydrogens (tertiary/aromatic N) is 2. The van der Waals surface area contributed by atoms with Crippen LogP contribution in [0.4, 0.5) is 18.9 Å². The Kier molecular flexibility index (Phi) is 6.57. The normalized spacial score (nSPS) is 12.0. The van der Waals surface area contributed by atoms with Gasteiger partial charge in [0.2, 0.25) is 0 Å². The molecule has 4 nitrogen and oxygen atoms in total. The Labute approximate surface area is 162 Å². The van der Waals surface area contributed by atoms with Gasteiger partial charge in [0.15, 0.2) is 0 Å². The Bertz CT molecular complexity index is 878. The van der Waals surface area contributed by atoms with Crippen molar-refractivity contribution in [2.45, 2.75) is 32.5 Å². The predicted octanol–water partition coefficient (Wildman–Crippen LogP) is 5.56. The largest absolute Gasteiger partial charge is 0.468 e. The summed E-state index contributed by atoms with van der Waals surface area (Å²) in [5.74, 6) is 0.946. The van der Waals surface area contributed by atoms with Crippen LogP contribution in [0.25, 0.3) is 10.9 Å². The lowest BCUT2D eigenvalue weighted by Gasteiger charge is -2.20. The zero-order chi connectivity index (χ0) is 20.0. The van der Waals surface area contributed by atoms with Crippen LogP contribution in [0.1, 0.15) is 31.1 Å². The molecule has 3 rings (SSSR count). The van der Waals surface area contributed by atoms with Gasteiger partial charge in [-0.15, -0.1) is 0 Å². The van der Waals surface area contributed by atoms with Gasteiger partial charge in [0.05, 0.1) is 23.9 Å². The van der Waals surface area contributed by atoms with Crippen molar-refractivity contribution < 1.29 is 17.6 Å². The fraction of sp³-hybridized carbons (Fsp3) is 0.381. The summed E-state index contributed by atoms with van der Waals surface area (Å²) in [6, 6.07) is 9.32. The summed E-state index contributed by atoms with van der Waals surface area (Å²) in [5, 5.41) is 4.02. The number of alkyl halides is 3. The summed E-state index contributed by atoms with van der Waals surface area (Å²) in [6.45, 7) is 5.53. The highest BCUT2D eigenvalue weighted by Crippen LogP contribution is 2.32. The molecule has 0 saturated carbocycles. The second-order valence-corrected chi connectivity index (χ2v) is 6.72. The van der Waals surface area contributed by atoms with Gasteiger partial charge in [0.25, 0.3) is 0 Å². The maximum absolute atomic E-state index is 12.9. The molecule has 0 spiro atoms. The molecule has 1 N–H and O–H groups in total. The molecule has 0 aliphatic heterocycles. The van der Waals surface area contributed by atoms with Crippen LogP contribution < -0.4 is 5.32 Å². The third-order valence-corrected chi connectivity index (χ3v) is 4.54. The van der Waals surface area contributed by atoms with Gasteiger partial charge in [-0.25, -0.2) is 0 Å². The lowest BCUT2D eigenvalue weighted by molar-refractivity contribution is -0.137. The average Bonchev–Trinajstić information content (AvgIpc) is 3.17. The summed E-state index contributed by atoms with van der Waals surface area (Å²) in [5.41, 5.74) is 0.454. The first-order valence-electron chi connectivity index (χ1n) is 9.42. The van der Waals surface area contributed by atoms with Crippen molar-refractivity contribution in [3.8, 4) is 0 Å². The first-order chi connectivity index (χ1) is 13.5. The second-order valence-electron chi connectivity index (χ2n) is 6.72. The van der Waals surface area contributed by atoms with E-state index in [1.807, 2.05) is 12.1 Å². The molecule has 0 aliphatic carbocycles. The highest BCUT2D eigenvalue weighted by Gasteiger charge is 2.30. The Balaban J connectivity index is 1.58. The van der Waals surface area contributed by atoms with Crippen molar-refractivity contribution in [3.63, 3.8) is 0 Å². The van der Waals surface area contributed by atoms with E-state index in [0.29, 0.717) is 10.9 Å². The number of furan rings is 1. The van der Waals surface area contributed by atoms with E-state index in [9.17, 15) is 13.2 Å². The lowest BCUT2D eigenvalue weighted by Crippen LogP contribution is -2.26. The van der Waals surface area contributed by atoms with Gasteiger partial charge in [-0.05, 0) is 49.7 Å². The van der Waals surface area contributed by atoms with Crippen LogP contribution in [0, 0.1) is 0 Å². The van der Waals surface area contributed by atoms with Gasteiger partial charge in [-0.1, -0.05) is 13.0 Å². The molecule has 0 fully saturated rings. The summed E-state index contributed by atoms with van der Waals surface area (Å²) in [7, 11) is 0. The molecule has 0 amide bonds. The number of hydrogen-bond donors (Lipinski definition) is 1. The van der Waals surface area contributed by atoms with E-state index in [-0.39, 0.29) is 0 Å².